The summed E-state index contributed by atoms with van der Waals surface area (Å²) >= 11 is 3.57. The van der Waals surface area contributed by atoms with Crippen LogP contribution in [0.1, 0.15) is 0 Å². The van der Waals surface area contributed by atoms with Crippen LogP contribution in [-0.2, 0) is 0 Å². The van der Waals surface area contributed by atoms with Crippen LogP contribution >= 0.6 is 22.7 Å². The van der Waals surface area contributed by atoms with Crippen molar-refractivity contribution < 1.29 is 4.42 Å². The zero-order valence-electron chi connectivity index (χ0n) is 28.9. The summed E-state index contributed by atoms with van der Waals surface area (Å²) in [5.74, 6) is 0. The van der Waals surface area contributed by atoms with Crippen LogP contribution in [0.4, 0.5) is 17.1 Å². The first-order chi connectivity index (χ1) is 26.7. The van der Waals surface area contributed by atoms with Crippen molar-refractivity contribution in [3.05, 3.63) is 182 Å². The number of fused-ring (bicyclic) bond motifs is 8. The monoisotopic (exact) mass is 726 g/mol. The maximum Gasteiger partial charge on any atom is 0.137 e. The zero-order chi connectivity index (χ0) is 35.6. The van der Waals surface area contributed by atoms with Crippen molar-refractivity contribution in [3.8, 4) is 32.8 Å². The fourth-order valence-electron chi connectivity index (χ4n) is 7.67. The maximum absolute atomic E-state index is 6.49. The van der Waals surface area contributed by atoms with E-state index in [0.717, 1.165) is 70.9 Å². The Morgan fingerprint density at radius 2 is 1.02 bits per heavy atom. The van der Waals surface area contributed by atoms with Crippen LogP contribution < -0.4 is 4.90 Å². The van der Waals surface area contributed by atoms with E-state index in [1.54, 1.807) is 11.3 Å². The number of furan rings is 1. The first-order valence-corrected chi connectivity index (χ1v) is 19.7. The molecule has 0 N–H and O–H groups in total. The zero-order valence-corrected chi connectivity index (χ0v) is 30.6. The molecular weight excluding hydrogens is 697 g/mol. The normalized spacial score (nSPS) is 11.7. The third kappa shape index (κ3) is 5.20. The summed E-state index contributed by atoms with van der Waals surface area (Å²) in [4.78, 5) is 7.33. The molecule has 0 atom stereocenters. The van der Waals surface area contributed by atoms with Crippen molar-refractivity contribution in [2.24, 2.45) is 0 Å². The van der Waals surface area contributed by atoms with Gasteiger partial charge in [0.15, 0.2) is 0 Å². The van der Waals surface area contributed by atoms with Crippen LogP contribution in [-0.4, -0.2) is 4.98 Å². The molecule has 11 aromatic rings. The van der Waals surface area contributed by atoms with Gasteiger partial charge in [-0.3, -0.25) is 0 Å². The lowest BCUT2D eigenvalue weighted by Crippen LogP contribution is -2.09. The fraction of sp³-hybridized carbons (Fsp3) is 0. The molecule has 3 heterocycles. The van der Waals surface area contributed by atoms with Gasteiger partial charge in [-0.05, 0) is 95.1 Å². The van der Waals surface area contributed by atoms with E-state index in [4.69, 9.17) is 9.40 Å². The number of thiophene rings is 1. The van der Waals surface area contributed by atoms with Gasteiger partial charge in [0.1, 0.15) is 16.2 Å². The Hall–Kier alpha value is -6.53. The van der Waals surface area contributed by atoms with Crippen molar-refractivity contribution in [2.75, 3.05) is 4.90 Å². The van der Waals surface area contributed by atoms with Crippen LogP contribution in [0.15, 0.2) is 186 Å². The predicted octanol–water partition coefficient (Wildman–Crippen LogP) is 15.0. The Morgan fingerprint density at radius 3 is 1.78 bits per heavy atom. The molecule has 0 fully saturated rings. The fourth-order valence-corrected chi connectivity index (χ4v) is 9.87. The predicted molar refractivity (Wildman–Crippen MR) is 231 cm³/mol. The van der Waals surface area contributed by atoms with Gasteiger partial charge in [0.25, 0.3) is 0 Å². The average Bonchev–Trinajstić information content (AvgIpc) is 3.95. The van der Waals surface area contributed by atoms with Gasteiger partial charge < -0.3 is 9.32 Å². The summed E-state index contributed by atoms with van der Waals surface area (Å²) in [7, 11) is 0. The number of rotatable bonds is 6. The highest BCUT2D eigenvalue weighted by Crippen LogP contribution is 2.43. The lowest BCUT2D eigenvalue weighted by molar-refractivity contribution is 0.669. The highest BCUT2D eigenvalue weighted by atomic mass is 32.1. The molecule has 0 bridgehead atoms. The minimum atomic E-state index is 0.880. The van der Waals surface area contributed by atoms with E-state index in [2.05, 4.69) is 181 Å². The molecule has 0 radical (unpaired) electrons. The summed E-state index contributed by atoms with van der Waals surface area (Å²) in [6.07, 6.45) is 0. The third-order valence-corrected chi connectivity index (χ3v) is 12.6. The van der Waals surface area contributed by atoms with Crippen molar-refractivity contribution in [3.63, 3.8) is 0 Å². The Kier molecular flexibility index (Phi) is 7.22. The van der Waals surface area contributed by atoms with Gasteiger partial charge >= 0.3 is 0 Å². The smallest absolute Gasteiger partial charge is 0.137 e. The Morgan fingerprint density at radius 1 is 0.407 bits per heavy atom. The molecule has 0 spiro atoms. The van der Waals surface area contributed by atoms with E-state index >= 15 is 0 Å². The minimum Gasteiger partial charge on any atom is -0.456 e. The quantitative estimate of drug-likeness (QED) is 0.171. The minimum absolute atomic E-state index is 0.880. The van der Waals surface area contributed by atoms with Crippen molar-refractivity contribution >= 4 is 92.1 Å². The number of hydrogen-bond donors (Lipinski definition) is 0. The molecule has 3 aromatic heterocycles. The van der Waals surface area contributed by atoms with Crippen LogP contribution in [0.3, 0.4) is 0 Å². The molecule has 54 heavy (non-hydrogen) atoms. The number of thiazole rings is 1. The second-order valence-corrected chi connectivity index (χ2v) is 15.6. The van der Waals surface area contributed by atoms with E-state index in [-0.39, 0.29) is 0 Å². The summed E-state index contributed by atoms with van der Waals surface area (Å²) in [6, 6.07) is 65.0. The molecule has 0 aliphatic carbocycles. The molecule has 8 aromatic carbocycles. The molecule has 0 saturated carbocycles. The molecule has 0 saturated heterocycles. The number of anilines is 3. The molecule has 0 aliphatic rings. The van der Waals surface area contributed by atoms with Gasteiger partial charge in [0, 0.05) is 53.6 Å². The number of aromatic nitrogens is 1. The van der Waals surface area contributed by atoms with E-state index in [9.17, 15) is 0 Å². The molecule has 11 rings (SSSR count). The standard InChI is InChI=1S/C49H30N2OS2/c1-3-9-31(10-4-1)32-15-20-36(21-16-32)51(38-24-28-46-41(30-38)39-13-7-8-14-45(39)53-46)37-22-17-33(18-23-37)35-19-25-40-44(29-35)52-43-27-26-42-48(47(40)43)54-49(50-42)34-11-5-2-6-12-34/h1-30H. The van der Waals surface area contributed by atoms with Crippen molar-refractivity contribution in [2.45, 2.75) is 0 Å². The molecule has 0 aliphatic heterocycles. The van der Waals surface area contributed by atoms with Gasteiger partial charge in [-0.1, -0.05) is 109 Å². The second kappa shape index (κ2) is 12.6. The van der Waals surface area contributed by atoms with Crippen LogP contribution in [0.25, 0.3) is 85.2 Å². The lowest BCUT2D eigenvalue weighted by atomic mass is 10.0. The average molecular weight is 727 g/mol. The Bertz CT molecular complexity index is 3140. The third-order valence-electron chi connectivity index (χ3n) is 10.3. The summed E-state index contributed by atoms with van der Waals surface area (Å²) < 4.78 is 10.3. The van der Waals surface area contributed by atoms with Crippen LogP contribution in [0, 0.1) is 0 Å². The highest BCUT2D eigenvalue weighted by Gasteiger charge is 2.18. The molecule has 0 amide bonds. The van der Waals surface area contributed by atoms with E-state index < -0.39 is 0 Å². The van der Waals surface area contributed by atoms with E-state index in [0.29, 0.717) is 0 Å². The first kappa shape index (κ1) is 31.0. The molecule has 5 heteroatoms. The van der Waals surface area contributed by atoms with E-state index in [1.165, 1.54) is 31.3 Å². The Labute approximate surface area is 319 Å². The topological polar surface area (TPSA) is 29.3 Å². The van der Waals surface area contributed by atoms with Gasteiger partial charge in [-0.15, -0.1) is 22.7 Å². The van der Waals surface area contributed by atoms with Crippen molar-refractivity contribution in [1.29, 1.82) is 0 Å². The lowest BCUT2D eigenvalue weighted by Gasteiger charge is -2.26. The van der Waals surface area contributed by atoms with E-state index in [1.807, 2.05) is 17.4 Å². The number of hydrogen-bond acceptors (Lipinski definition) is 5. The second-order valence-electron chi connectivity index (χ2n) is 13.6. The highest BCUT2D eigenvalue weighted by molar-refractivity contribution is 7.25. The first-order valence-electron chi connectivity index (χ1n) is 18.0. The largest absolute Gasteiger partial charge is 0.456 e. The van der Waals surface area contributed by atoms with Gasteiger partial charge in [0.2, 0.25) is 0 Å². The number of nitrogens with zero attached hydrogens (tertiary/aromatic N) is 2. The van der Waals surface area contributed by atoms with Crippen LogP contribution in [0.2, 0.25) is 0 Å². The number of benzene rings is 8. The maximum atomic E-state index is 6.49. The summed E-state index contributed by atoms with van der Waals surface area (Å²) in [5, 5.41) is 5.84. The summed E-state index contributed by atoms with van der Waals surface area (Å²) in [5.41, 5.74) is 11.9. The summed E-state index contributed by atoms with van der Waals surface area (Å²) in [6.45, 7) is 0. The van der Waals surface area contributed by atoms with Crippen molar-refractivity contribution in [1.82, 2.24) is 4.98 Å². The molecular formula is C49H30N2OS2. The molecule has 254 valence electrons. The van der Waals surface area contributed by atoms with Crippen LogP contribution in [0.5, 0.6) is 0 Å². The van der Waals surface area contributed by atoms with Gasteiger partial charge in [0.05, 0.1) is 10.2 Å². The Balaban J connectivity index is 0.983. The SMILES string of the molecule is c1ccc(-c2ccc(N(c3ccc(-c4ccc5c(c4)oc4ccc6nc(-c7ccccc7)sc6c45)cc3)c3ccc4sc5ccccc5c4c3)cc2)cc1. The van der Waals surface area contributed by atoms with Gasteiger partial charge in [-0.25, -0.2) is 4.98 Å². The molecule has 0 unspecified atom stereocenters. The van der Waals surface area contributed by atoms with Gasteiger partial charge in [-0.2, -0.15) is 0 Å². The molecule has 3 nitrogen and oxygen atoms in total.